The zero-order chi connectivity index (χ0) is 47.0. The van der Waals surface area contributed by atoms with Gasteiger partial charge in [-0.1, -0.05) is 91.0 Å². The summed E-state index contributed by atoms with van der Waals surface area (Å²) >= 11 is 0. The molecule has 16 rings (SSSR count). The molecular formula is C63H42N6O3. The molecule has 0 aliphatic carbocycles. The van der Waals surface area contributed by atoms with Gasteiger partial charge >= 0.3 is 0 Å². The molecule has 6 unspecified atom stereocenters. The molecular weight excluding hydrogens is 889 g/mol. The van der Waals surface area contributed by atoms with Gasteiger partial charge in [0.25, 0.3) is 0 Å². The van der Waals surface area contributed by atoms with Crippen LogP contribution in [0.2, 0.25) is 0 Å². The van der Waals surface area contributed by atoms with Crippen molar-refractivity contribution < 1.29 is 14.2 Å². The highest BCUT2D eigenvalue weighted by atomic mass is 16.5. The molecule has 3 aromatic heterocycles. The third-order valence-corrected chi connectivity index (χ3v) is 15.6. The Labute approximate surface area is 415 Å². The van der Waals surface area contributed by atoms with Crippen molar-refractivity contribution in [2.24, 2.45) is 0 Å². The lowest BCUT2D eigenvalue weighted by Crippen LogP contribution is -2.32. The third kappa shape index (κ3) is 5.73. The number of fused-ring (bicyclic) bond motifs is 15. The Morgan fingerprint density at radius 2 is 0.639 bits per heavy atom. The van der Waals surface area contributed by atoms with E-state index in [0.717, 1.165) is 85.1 Å². The van der Waals surface area contributed by atoms with Crippen LogP contribution in [0.25, 0.3) is 33.4 Å². The first-order chi connectivity index (χ1) is 35.7. The lowest BCUT2D eigenvalue weighted by Gasteiger charge is -2.25. The van der Waals surface area contributed by atoms with Gasteiger partial charge in [-0.3, -0.25) is 14.7 Å². The summed E-state index contributed by atoms with van der Waals surface area (Å²) in [6.45, 7) is 0. The minimum atomic E-state index is -0.249. The fraction of sp³-hybridized carbons (Fsp3) is 0.0952. The van der Waals surface area contributed by atoms with Gasteiger partial charge in [-0.05, 0) is 159 Å². The summed E-state index contributed by atoms with van der Waals surface area (Å²) in [5.74, 6) is 5.35. The van der Waals surface area contributed by atoms with Crippen molar-refractivity contribution in [3.8, 4) is 50.6 Å². The van der Waals surface area contributed by atoms with Crippen LogP contribution in [0.5, 0.6) is 17.2 Å². The summed E-state index contributed by atoms with van der Waals surface area (Å²) in [7, 11) is 0. The van der Waals surface area contributed by atoms with Crippen molar-refractivity contribution in [3.05, 3.63) is 252 Å². The fourth-order valence-electron chi connectivity index (χ4n) is 12.6. The monoisotopic (exact) mass is 930 g/mol. The van der Waals surface area contributed by atoms with Crippen molar-refractivity contribution in [1.29, 1.82) is 0 Å². The quantitative estimate of drug-likeness (QED) is 0.162. The molecule has 0 fully saturated rings. The second-order valence-electron chi connectivity index (χ2n) is 19.4. The van der Waals surface area contributed by atoms with Crippen LogP contribution < -0.4 is 28.9 Å². The highest BCUT2D eigenvalue weighted by Crippen LogP contribution is 2.58. The maximum Gasteiger partial charge on any atom is 0.188 e. The van der Waals surface area contributed by atoms with Gasteiger partial charge in [0.05, 0.1) is 34.8 Å². The van der Waals surface area contributed by atoms with Crippen LogP contribution in [0, 0.1) is 0 Å². The molecule has 0 N–H and O–H groups in total. The number of nitrogens with zero attached hydrogens (tertiary/aromatic N) is 6. The molecule has 0 amide bonds. The fourth-order valence-corrected chi connectivity index (χ4v) is 12.6. The number of benzene rings is 7. The number of aromatic nitrogens is 3. The molecule has 6 atom stereocenters. The molecule has 9 heteroatoms. The second-order valence-corrected chi connectivity index (χ2v) is 19.4. The molecule has 0 spiro atoms. The molecule has 10 aromatic rings. The Morgan fingerprint density at radius 3 is 1.10 bits per heavy atom. The van der Waals surface area contributed by atoms with Crippen LogP contribution in [0.15, 0.2) is 219 Å². The SMILES string of the molecule is c1ccc(N2c3ccccc3C3c4cc(-c5cc(-c6ccc7c(c6)C6c8ccccc8OC6N7c6ccccn6)cc(-c6ccc7c(c6)C6c8ccccc8OC6N7c6ccccn6)c5)ccc4OC32)nc1. The maximum atomic E-state index is 6.89. The third-order valence-electron chi connectivity index (χ3n) is 15.6. The molecule has 342 valence electrons. The Balaban J connectivity index is 0.866. The summed E-state index contributed by atoms with van der Waals surface area (Å²) in [4.78, 5) is 21.2. The van der Waals surface area contributed by atoms with Gasteiger partial charge in [0.2, 0.25) is 0 Å². The first-order valence-corrected chi connectivity index (χ1v) is 24.7. The van der Waals surface area contributed by atoms with Gasteiger partial charge in [-0.15, -0.1) is 0 Å². The first-order valence-electron chi connectivity index (χ1n) is 24.7. The summed E-state index contributed by atoms with van der Waals surface area (Å²) in [5, 5.41) is 0. The Hall–Kier alpha value is -9.21. The Kier molecular flexibility index (Phi) is 8.33. The van der Waals surface area contributed by atoms with Crippen molar-refractivity contribution in [2.75, 3.05) is 14.7 Å². The van der Waals surface area contributed by atoms with Gasteiger partial charge in [0.15, 0.2) is 18.7 Å². The molecule has 6 aliphatic heterocycles. The first kappa shape index (κ1) is 39.6. The van der Waals surface area contributed by atoms with E-state index in [2.05, 4.69) is 178 Å². The van der Waals surface area contributed by atoms with Crippen molar-refractivity contribution in [1.82, 2.24) is 15.0 Å². The average molecular weight is 931 g/mol. The summed E-state index contributed by atoms with van der Waals surface area (Å²) in [5.41, 5.74) is 17.3. The Bertz CT molecular complexity index is 3660. The number of hydrogen-bond donors (Lipinski definition) is 0. The van der Waals surface area contributed by atoms with E-state index in [1.165, 1.54) is 33.4 Å². The smallest absolute Gasteiger partial charge is 0.188 e. The van der Waals surface area contributed by atoms with E-state index in [0.29, 0.717) is 0 Å². The predicted octanol–water partition coefficient (Wildman–Crippen LogP) is 13.9. The standard InChI is InChI=1S/C63H42N6O3/c1-4-16-49-43(13-1)58-48-36-39(24-27-54(48)72-61(58)67(49)55-19-7-10-28-64-55)42-32-40(37-22-25-50-46(34-37)59-44-14-2-5-17-52(44)70-62(59)68(50)56-20-8-11-29-65-56)31-41(33-42)38-23-26-51-47(35-38)60-45-15-3-6-18-53(45)71-63(60)69(51)57-21-9-12-30-66-57/h1-36,58-63H. The number of anilines is 6. The number of ether oxygens (including phenoxy) is 3. The number of rotatable bonds is 6. The summed E-state index contributed by atoms with van der Waals surface area (Å²) in [6.07, 6.45) is 4.81. The van der Waals surface area contributed by atoms with Gasteiger partial charge in [0.1, 0.15) is 34.7 Å². The van der Waals surface area contributed by atoms with E-state index in [9.17, 15) is 0 Å². The van der Waals surface area contributed by atoms with E-state index in [1.807, 2.05) is 55.0 Å². The van der Waals surface area contributed by atoms with Crippen LogP contribution in [-0.2, 0) is 0 Å². The van der Waals surface area contributed by atoms with Crippen LogP contribution in [0.4, 0.5) is 34.5 Å². The van der Waals surface area contributed by atoms with E-state index in [1.54, 1.807) is 0 Å². The molecule has 0 radical (unpaired) electrons. The molecule has 72 heavy (non-hydrogen) atoms. The normalized spacial score (nSPS) is 20.8. The van der Waals surface area contributed by atoms with E-state index in [-0.39, 0.29) is 36.4 Å². The molecule has 9 nitrogen and oxygen atoms in total. The van der Waals surface area contributed by atoms with Crippen molar-refractivity contribution in [2.45, 2.75) is 36.4 Å². The topological polar surface area (TPSA) is 76.1 Å². The molecule has 6 aliphatic rings. The summed E-state index contributed by atoms with van der Waals surface area (Å²) < 4.78 is 20.4. The molecule has 9 heterocycles. The molecule has 7 aromatic carbocycles. The van der Waals surface area contributed by atoms with Gasteiger partial charge in [-0.2, -0.15) is 0 Å². The maximum absolute atomic E-state index is 6.89. The molecule has 0 saturated heterocycles. The molecule has 0 bridgehead atoms. The van der Waals surface area contributed by atoms with Crippen molar-refractivity contribution in [3.63, 3.8) is 0 Å². The lowest BCUT2D eigenvalue weighted by atomic mass is 9.87. The minimum absolute atomic E-state index is 0.00670. The van der Waals surface area contributed by atoms with E-state index >= 15 is 0 Å². The van der Waals surface area contributed by atoms with Crippen LogP contribution in [0.3, 0.4) is 0 Å². The summed E-state index contributed by atoms with van der Waals surface area (Å²) in [6, 6.07) is 71.4. The average Bonchev–Trinajstić information content (AvgIpc) is 4.29. The number of para-hydroxylation sites is 3. The number of pyridine rings is 3. The predicted molar refractivity (Wildman–Crippen MR) is 280 cm³/mol. The zero-order valence-electron chi connectivity index (χ0n) is 38.7. The highest BCUT2D eigenvalue weighted by molar-refractivity contribution is 5.87. The zero-order valence-corrected chi connectivity index (χ0v) is 38.7. The largest absolute Gasteiger partial charge is 0.469 e. The minimum Gasteiger partial charge on any atom is -0.469 e. The Morgan fingerprint density at radius 1 is 0.278 bits per heavy atom. The second kappa shape index (κ2) is 15.1. The number of hydrogen-bond acceptors (Lipinski definition) is 9. The lowest BCUT2D eigenvalue weighted by molar-refractivity contribution is 0.233. The van der Waals surface area contributed by atoms with E-state index in [4.69, 9.17) is 29.2 Å². The highest BCUT2D eigenvalue weighted by Gasteiger charge is 2.50. The van der Waals surface area contributed by atoms with Crippen molar-refractivity contribution >= 4 is 34.5 Å². The van der Waals surface area contributed by atoms with Crippen LogP contribution in [0.1, 0.15) is 51.1 Å². The van der Waals surface area contributed by atoms with Gasteiger partial charge in [0, 0.05) is 35.3 Å². The van der Waals surface area contributed by atoms with Crippen LogP contribution >= 0.6 is 0 Å². The van der Waals surface area contributed by atoms with Crippen LogP contribution in [-0.4, -0.2) is 33.6 Å². The van der Waals surface area contributed by atoms with Gasteiger partial charge < -0.3 is 14.2 Å². The van der Waals surface area contributed by atoms with E-state index < -0.39 is 0 Å². The van der Waals surface area contributed by atoms with Gasteiger partial charge in [-0.25, -0.2) is 15.0 Å². The molecule has 0 saturated carbocycles.